The Balaban J connectivity index is 1.66. The summed E-state index contributed by atoms with van der Waals surface area (Å²) in [5.41, 5.74) is 0.737. The SMILES string of the molecule is COc1ccc(C(=O)COC(=O)[C@@H](C)N2C(=O)c3ccccc3C2=O)cc1OC. The topological polar surface area (TPSA) is 99.2 Å². The van der Waals surface area contributed by atoms with Gasteiger partial charge in [-0.05, 0) is 37.3 Å². The first-order valence-corrected chi connectivity index (χ1v) is 8.77. The van der Waals surface area contributed by atoms with Crippen LogP contribution >= 0.6 is 0 Å². The minimum Gasteiger partial charge on any atom is -0.493 e. The number of imide groups is 1. The van der Waals surface area contributed by atoms with Gasteiger partial charge in [0.2, 0.25) is 0 Å². The second-order valence-electron chi connectivity index (χ2n) is 6.30. The number of ketones is 1. The molecule has 29 heavy (non-hydrogen) atoms. The van der Waals surface area contributed by atoms with E-state index in [1.165, 1.54) is 45.4 Å². The van der Waals surface area contributed by atoms with Crippen LogP contribution in [0.5, 0.6) is 11.5 Å². The van der Waals surface area contributed by atoms with Gasteiger partial charge in [-0.15, -0.1) is 0 Å². The molecular formula is C21H19NO7. The molecule has 8 heteroatoms. The minimum absolute atomic E-state index is 0.235. The maximum Gasteiger partial charge on any atom is 0.329 e. The number of Topliss-reactive ketones (excluding diaryl/α,β-unsaturated/α-hetero) is 1. The maximum absolute atomic E-state index is 12.4. The number of rotatable bonds is 7. The predicted octanol–water partition coefficient (Wildman–Crippen LogP) is 2.11. The summed E-state index contributed by atoms with van der Waals surface area (Å²) in [5, 5.41) is 0. The molecule has 150 valence electrons. The van der Waals surface area contributed by atoms with Crippen molar-refractivity contribution < 1.29 is 33.4 Å². The lowest BCUT2D eigenvalue weighted by atomic mass is 10.1. The molecule has 2 aromatic carbocycles. The van der Waals surface area contributed by atoms with Crippen molar-refractivity contribution in [1.29, 1.82) is 0 Å². The number of carbonyl (C=O) groups is 4. The zero-order valence-corrected chi connectivity index (χ0v) is 16.1. The highest BCUT2D eigenvalue weighted by atomic mass is 16.5. The molecule has 0 saturated carbocycles. The molecular weight excluding hydrogens is 378 g/mol. The van der Waals surface area contributed by atoms with Crippen LogP contribution in [0.25, 0.3) is 0 Å². The number of benzene rings is 2. The molecule has 0 radical (unpaired) electrons. The van der Waals surface area contributed by atoms with Gasteiger partial charge >= 0.3 is 5.97 Å². The normalized spacial score (nSPS) is 13.7. The Kier molecular flexibility index (Phi) is 5.63. The van der Waals surface area contributed by atoms with Gasteiger partial charge in [-0.1, -0.05) is 12.1 Å². The zero-order valence-electron chi connectivity index (χ0n) is 16.1. The number of methoxy groups -OCH3 is 2. The van der Waals surface area contributed by atoms with Gasteiger partial charge in [-0.2, -0.15) is 0 Å². The van der Waals surface area contributed by atoms with Gasteiger partial charge in [0.15, 0.2) is 23.9 Å². The number of hydrogen-bond acceptors (Lipinski definition) is 7. The van der Waals surface area contributed by atoms with Gasteiger partial charge in [0.25, 0.3) is 11.8 Å². The molecule has 1 aliphatic heterocycles. The lowest BCUT2D eigenvalue weighted by molar-refractivity contribution is -0.146. The van der Waals surface area contributed by atoms with Gasteiger partial charge in [0.05, 0.1) is 25.3 Å². The molecule has 0 saturated heterocycles. The molecule has 0 aliphatic carbocycles. The van der Waals surface area contributed by atoms with Crippen LogP contribution in [-0.2, 0) is 9.53 Å². The van der Waals surface area contributed by atoms with Crippen molar-refractivity contribution in [2.45, 2.75) is 13.0 Å². The lowest BCUT2D eigenvalue weighted by Gasteiger charge is -2.20. The summed E-state index contributed by atoms with van der Waals surface area (Å²) >= 11 is 0. The average Bonchev–Trinajstić information content (AvgIpc) is 3.01. The highest BCUT2D eigenvalue weighted by Gasteiger charge is 2.41. The maximum atomic E-state index is 12.4. The van der Waals surface area contributed by atoms with Gasteiger partial charge in [-0.25, -0.2) is 4.79 Å². The minimum atomic E-state index is -1.17. The van der Waals surface area contributed by atoms with Crippen LogP contribution in [0, 0.1) is 0 Å². The van der Waals surface area contributed by atoms with E-state index in [9.17, 15) is 19.2 Å². The van der Waals surface area contributed by atoms with E-state index in [1.54, 1.807) is 18.2 Å². The summed E-state index contributed by atoms with van der Waals surface area (Å²) in [4.78, 5) is 50.5. The first kappa shape index (κ1) is 20.1. The number of hydrogen-bond donors (Lipinski definition) is 0. The summed E-state index contributed by atoms with van der Waals surface area (Å²) in [6, 6.07) is 9.71. The van der Waals surface area contributed by atoms with Crippen LogP contribution in [0.15, 0.2) is 42.5 Å². The van der Waals surface area contributed by atoms with E-state index in [0.717, 1.165) is 4.90 Å². The first-order chi connectivity index (χ1) is 13.9. The molecule has 0 aromatic heterocycles. The summed E-state index contributed by atoms with van der Waals surface area (Å²) in [6.45, 7) is 0.840. The van der Waals surface area contributed by atoms with Crippen molar-refractivity contribution >= 4 is 23.6 Å². The largest absolute Gasteiger partial charge is 0.493 e. The molecule has 3 rings (SSSR count). The molecule has 0 spiro atoms. The number of amides is 2. The molecule has 1 heterocycles. The van der Waals surface area contributed by atoms with Crippen LogP contribution in [0.2, 0.25) is 0 Å². The Morgan fingerprint density at radius 3 is 2.07 bits per heavy atom. The third-order valence-electron chi connectivity index (χ3n) is 4.60. The second-order valence-corrected chi connectivity index (χ2v) is 6.30. The number of carbonyl (C=O) groups excluding carboxylic acids is 4. The Labute approximate surface area is 167 Å². The monoisotopic (exact) mass is 397 g/mol. The van der Waals surface area contributed by atoms with E-state index in [-0.39, 0.29) is 16.7 Å². The molecule has 0 fully saturated rings. The lowest BCUT2D eigenvalue weighted by Crippen LogP contribution is -2.44. The summed E-state index contributed by atoms with van der Waals surface area (Å²) in [7, 11) is 2.91. The standard InChI is InChI=1S/C21H19NO7/c1-12(22-19(24)14-6-4-5-7-15(14)20(22)25)21(26)29-11-16(23)13-8-9-17(27-2)18(10-13)28-3/h4-10,12H,11H2,1-3H3/t12-/m1/s1. The van der Waals surface area contributed by atoms with Gasteiger partial charge in [-0.3, -0.25) is 19.3 Å². The number of fused-ring (bicyclic) bond motifs is 1. The van der Waals surface area contributed by atoms with Gasteiger partial charge < -0.3 is 14.2 Å². The highest BCUT2D eigenvalue weighted by molar-refractivity contribution is 6.22. The summed E-state index contributed by atoms with van der Waals surface area (Å²) in [5.74, 6) is -1.63. The van der Waals surface area contributed by atoms with Crippen LogP contribution in [-0.4, -0.2) is 55.3 Å². The number of nitrogens with zero attached hydrogens (tertiary/aromatic N) is 1. The Morgan fingerprint density at radius 2 is 1.52 bits per heavy atom. The van der Waals surface area contributed by atoms with Crippen molar-refractivity contribution in [2.24, 2.45) is 0 Å². The van der Waals surface area contributed by atoms with E-state index < -0.39 is 36.2 Å². The average molecular weight is 397 g/mol. The van der Waals surface area contributed by atoms with Crippen LogP contribution < -0.4 is 9.47 Å². The predicted molar refractivity (Wildman–Crippen MR) is 101 cm³/mol. The van der Waals surface area contributed by atoms with Gasteiger partial charge in [0, 0.05) is 5.56 Å². The Hall–Kier alpha value is -3.68. The van der Waals surface area contributed by atoms with E-state index in [0.29, 0.717) is 11.5 Å². The van der Waals surface area contributed by atoms with Crippen molar-refractivity contribution in [3.05, 3.63) is 59.2 Å². The number of esters is 1. The van der Waals surface area contributed by atoms with E-state index in [2.05, 4.69) is 0 Å². The Bertz CT molecular complexity index is 963. The van der Waals surface area contributed by atoms with Crippen LogP contribution in [0.1, 0.15) is 38.0 Å². The number of ether oxygens (including phenoxy) is 3. The van der Waals surface area contributed by atoms with E-state index in [1.807, 2.05) is 0 Å². The van der Waals surface area contributed by atoms with Crippen LogP contribution in [0.3, 0.4) is 0 Å². The van der Waals surface area contributed by atoms with Crippen molar-refractivity contribution in [1.82, 2.24) is 4.90 Å². The third kappa shape index (κ3) is 3.69. The fourth-order valence-electron chi connectivity index (χ4n) is 3.02. The van der Waals surface area contributed by atoms with Crippen molar-refractivity contribution in [3.8, 4) is 11.5 Å². The second kappa shape index (κ2) is 8.14. The van der Waals surface area contributed by atoms with Crippen molar-refractivity contribution in [3.63, 3.8) is 0 Å². The van der Waals surface area contributed by atoms with Crippen LogP contribution in [0.4, 0.5) is 0 Å². The molecule has 8 nitrogen and oxygen atoms in total. The molecule has 1 aliphatic rings. The zero-order chi connectivity index (χ0) is 21.1. The van der Waals surface area contributed by atoms with Crippen molar-refractivity contribution in [2.75, 3.05) is 20.8 Å². The third-order valence-corrected chi connectivity index (χ3v) is 4.60. The summed E-state index contributed by atoms with van der Waals surface area (Å²) < 4.78 is 15.3. The molecule has 2 amide bonds. The highest BCUT2D eigenvalue weighted by Crippen LogP contribution is 2.28. The molecule has 1 atom stereocenters. The quantitative estimate of drug-likeness (QED) is 0.401. The fraction of sp³-hybridized carbons (Fsp3) is 0.238. The Morgan fingerprint density at radius 1 is 0.931 bits per heavy atom. The first-order valence-electron chi connectivity index (χ1n) is 8.77. The smallest absolute Gasteiger partial charge is 0.329 e. The van der Waals surface area contributed by atoms with E-state index >= 15 is 0 Å². The molecule has 0 unspecified atom stereocenters. The summed E-state index contributed by atoms with van der Waals surface area (Å²) in [6.07, 6.45) is 0. The molecule has 0 bridgehead atoms. The molecule has 2 aromatic rings. The van der Waals surface area contributed by atoms with E-state index in [4.69, 9.17) is 14.2 Å². The molecule has 0 N–H and O–H groups in total. The van der Waals surface area contributed by atoms with Gasteiger partial charge in [0.1, 0.15) is 6.04 Å². The fourth-order valence-corrected chi connectivity index (χ4v) is 3.02.